The molecule has 0 atom stereocenters. The molecule has 2 aromatic carbocycles. The topological polar surface area (TPSA) is 68.9 Å². The molecule has 2 heterocycles. The van der Waals surface area contributed by atoms with E-state index in [0.717, 1.165) is 22.3 Å². The number of imidazole rings is 1. The van der Waals surface area contributed by atoms with Crippen LogP contribution in [0.25, 0.3) is 11.0 Å². The van der Waals surface area contributed by atoms with Gasteiger partial charge in [-0.15, -0.1) is 11.3 Å². The number of nitrogens with one attached hydrogen (secondary N) is 1. The van der Waals surface area contributed by atoms with E-state index in [4.69, 9.17) is 0 Å². The number of anilines is 1. The Kier molecular flexibility index (Phi) is 4.83. The quantitative estimate of drug-likeness (QED) is 0.566. The van der Waals surface area contributed by atoms with Crippen LogP contribution in [0, 0.1) is 6.92 Å². The van der Waals surface area contributed by atoms with E-state index in [-0.39, 0.29) is 18.1 Å². The number of hydrogen-bond donors (Lipinski definition) is 1. The minimum absolute atomic E-state index is 0.0485. The van der Waals surface area contributed by atoms with Crippen molar-refractivity contribution in [3.63, 3.8) is 0 Å². The number of aromatic nitrogens is 3. The van der Waals surface area contributed by atoms with Crippen molar-refractivity contribution in [3.05, 3.63) is 81.2 Å². The Balaban J connectivity index is 1.46. The summed E-state index contributed by atoms with van der Waals surface area (Å²) in [5.74, 6) is -0.269. The minimum atomic E-state index is -0.269. The molecule has 0 aliphatic heterocycles. The summed E-state index contributed by atoms with van der Waals surface area (Å²) in [7, 11) is 1.71. The largest absolute Gasteiger partial charge is 0.329 e. The van der Waals surface area contributed by atoms with Gasteiger partial charge < -0.3 is 5.32 Å². The van der Waals surface area contributed by atoms with Crippen molar-refractivity contribution >= 4 is 33.4 Å². The normalized spacial score (nSPS) is 11.1. The Hall–Kier alpha value is -3.19. The molecule has 0 spiro atoms. The van der Waals surface area contributed by atoms with Crippen molar-refractivity contribution in [2.24, 2.45) is 7.05 Å². The molecule has 0 radical (unpaired) electrons. The molecule has 7 heteroatoms. The van der Waals surface area contributed by atoms with Crippen LogP contribution in [0.1, 0.15) is 16.0 Å². The SMILES string of the molecule is Cc1ccc(Cc2cnc(NC(=O)Cn3c(=O)n(C)c4ccccc43)s2)cc1. The Morgan fingerprint density at radius 3 is 2.57 bits per heavy atom. The predicted octanol–water partition coefficient (Wildman–Crippen LogP) is 3.33. The van der Waals surface area contributed by atoms with E-state index >= 15 is 0 Å². The number of carbonyl (C=O) groups excluding carboxylic acids is 1. The summed E-state index contributed by atoms with van der Waals surface area (Å²) in [6.45, 7) is 2.01. The predicted molar refractivity (Wildman–Crippen MR) is 112 cm³/mol. The van der Waals surface area contributed by atoms with Crippen LogP contribution in [0.2, 0.25) is 0 Å². The van der Waals surface area contributed by atoms with Crippen molar-refractivity contribution in [3.8, 4) is 0 Å². The van der Waals surface area contributed by atoms with Gasteiger partial charge in [0, 0.05) is 24.5 Å². The average molecular weight is 392 g/mol. The van der Waals surface area contributed by atoms with Crippen LogP contribution in [0.15, 0.2) is 59.5 Å². The maximum atomic E-state index is 12.5. The molecule has 2 aromatic heterocycles. The summed E-state index contributed by atoms with van der Waals surface area (Å²) in [6.07, 6.45) is 2.56. The van der Waals surface area contributed by atoms with Crippen LogP contribution >= 0.6 is 11.3 Å². The number of rotatable bonds is 5. The van der Waals surface area contributed by atoms with Gasteiger partial charge in [0.05, 0.1) is 11.0 Å². The monoisotopic (exact) mass is 392 g/mol. The fourth-order valence-electron chi connectivity index (χ4n) is 3.17. The summed E-state index contributed by atoms with van der Waals surface area (Å²) in [5.41, 5.74) is 3.76. The standard InChI is InChI=1S/C21H20N4O2S/c1-14-7-9-15(10-8-14)11-16-12-22-20(28-16)23-19(26)13-25-18-6-4-3-5-17(18)24(2)21(25)27/h3-10,12H,11,13H2,1-2H3,(H,22,23,26). The van der Waals surface area contributed by atoms with Gasteiger partial charge >= 0.3 is 5.69 Å². The zero-order valence-electron chi connectivity index (χ0n) is 15.7. The molecule has 0 fully saturated rings. The van der Waals surface area contributed by atoms with Gasteiger partial charge in [-0.25, -0.2) is 9.78 Å². The lowest BCUT2D eigenvalue weighted by Crippen LogP contribution is -2.28. The van der Waals surface area contributed by atoms with Gasteiger partial charge in [0.2, 0.25) is 5.91 Å². The molecule has 0 saturated heterocycles. The summed E-state index contributed by atoms with van der Waals surface area (Å²) in [6, 6.07) is 15.8. The van der Waals surface area contributed by atoms with Crippen molar-refractivity contribution < 1.29 is 4.79 Å². The molecule has 1 amide bonds. The number of para-hydroxylation sites is 2. The molecule has 142 valence electrons. The molecular weight excluding hydrogens is 372 g/mol. The average Bonchev–Trinajstić information content (AvgIpc) is 3.22. The second-order valence-corrected chi connectivity index (χ2v) is 7.87. The van der Waals surface area contributed by atoms with Crippen LogP contribution in [-0.4, -0.2) is 20.0 Å². The van der Waals surface area contributed by atoms with Crippen LogP contribution in [-0.2, 0) is 24.8 Å². The molecule has 0 saturated carbocycles. The van der Waals surface area contributed by atoms with E-state index in [0.29, 0.717) is 5.13 Å². The first-order valence-corrected chi connectivity index (χ1v) is 9.77. The van der Waals surface area contributed by atoms with Crippen molar-refractivity contribution in [1.29, 1.82) is 0 Å². The van der Waals surface area contributed by atoms with Gasteiger partial charge in [-0.2, -0.15) is 0 Å². The molecule has 0 aliphatic rings. The molecule has 6 nitrogen and oxygen atoms in total. The zero-order valence-corrected chi connectivity index (χ0v) is 16.5. The van der Waals surface area contributed by atoms with E-state index in [1.54, 1.807) is 17.8 Å². The zero-order chi connectivity index (χ0) is 19.7. The van der Waals surface area contributed by atoms with Crippen LogP contribution in [0.5, 0.6) is 0 Å². The van der Waals surface area contributed by atoms with Crippen LogP contribution < -0.4 is 11.0 Å². The van der Waals surface area contributed by atoms with E-state index in [9.17, 15) is 9.59 Å². The first-order valence-electron chi connectivity index (χ1n) is 8.95. The number of nitrogens with zero attached hydrogens (tertiary/aromatic N) is 3. The van der Waals surface area contributed by atoms with Crippen molar-refractivity contribution in [2.75, 3.05) is 5.32 Å². The fraction of sp³-hybridized carbons (Fsp3) is 0.190. The summed E-state index contributed by atoms with van der Waals surface area (Å²) in [4.78, 5) is 30.3. The molecule has 4 aromatic rings. The number of aryl methyl sites for hydroxylation is 2. The lowest BCUT2D eigenvalue weighted by Gasteiger charge is -2.03. The molecule has 4 rings (SSSR count). The van der Waals surface area contributed by atoms with E-state index < -0.39 is 0 Å². The Bertz CT molecular complexity index is 1200. The first kappa shape index (κ1) is 18.2. The van der Waals surface area contributed by atoms with Gasteiger partial charge in [-0.3, -0.25) is 13.9 Å². The van der Waals surface area contributed by atoms with Crippen molar-refractivity contribution in [1.82, 2.24) is 14.1 Å². The number of amides is 1. The van der Waals surface area contributed by atoms with Gasteiger partial charge in [0.15, 0.2) is 5.13 Å². The third kappa shape index (κ3) is 3.61. The molecule has 0 aliphatic carbocycles. The molecular formula is C21H20N4O2S. The highest BCUT2D eigenvalue weighted by molar-refractivity contribution is 7.15. The van der Waals surface area contributed by atoms with E-state index in [1.165, 1.54) is 27.0 Å². The minimum Gasteiger partial charge on any atom is -0.300 e. The van der Waals surface area contributed by atoms with Gasteiger partial charge in [-0.05, 0) is 24.6 Å². The smallest absolute Gasteiger partial charge is 0.300 e. The second kappa shape index (κ2) is 7.44. The molecule has 1 N–H and O–H groups in total. The lowest BCUT2D eigenvalue weighted by atomic mass is 10.1. The van der Waals surface area contributed by atoms with E-state index in [2.05, 4.69) is 41.5 Å². The summed E-state index contributed by atoms with van der Waals surface area (Å²) in [5, 5.41) is 3.35. The highest BCUT2D eigenvalue weighted by Crippen LogP contribution is 2.21. The van der Waals surface area contributed by atoms with E-state index in [1.807, 2.05) is 24.3 Å². The Morgan fingerprint density at radius 1 is 1.11 bits per heavy atom. The van der Waals surface area contributed by atoms with Crippen molar-refractivity contribution in [2.45, 2.75) is 19.9 Å². The lowest BCUT2D eigenvalue weighted by molar-refractivity contribution is -0.116. The summed E-state index contributed by atoms with van der Waals surface area (Å²) >= 11 is 1.45. The number of hydrogen-bond acceptors (Lipinski definition) is 4. The first-order chi connectivity index (χ1) is 13.5. The maximum Gasteiger partial charge on any atom is 0.329 e. The highest BCUT2D eigenvalue weighted by atomic mass is 32.1. The Labute approximate surface area is 166 Å². The van der Waals surface area contributed by atoms with Gasteiger partial charge in [0.1, 0.15) is 6.54 Å². The number of benzene rings is 2. The molecule has 0 bridgehead atoms. The Morgan fingerprint density at radius 2 is 1.82 bits per heavy atom. The number of fused-ring (bicyclic) bond motifs is 1. The van der Waals surface area contributed by atoms with Gasteiger partial charge in [0.25, 0.3) is 0 Å². The second-order valence-electron chi connectivity index (χ2n) is 6.76. The third-order valence-corrected chi connectivity index (χ3v) is 5.57. The third-order valence-electron chi connectivity index (χ3n) is 4.65. The number of thiazole rings is 1. The number of carbonyl (C=O) groups is 1. The maximum absolute atomic E-state index is 12.5. The van der Waals surface area contributed by atoms with Gasteiger partial charge in [-0.1, -0.05) is 42.0 Å². The summed E-state index contributed by atoms with van der Waals surface area (Å²) < 4.78 is 3.02. The fourth-order valence-corrected chi connectivity index (χ4v) is 4.04. The van der Waals surface area contributed by atoms with Crippen LogP contribution in [0.3, 0.4) is 0 Å². The molecule has 0 unspecified atom stereocenters. The molecule has 28 heavy (non-hydrogen) atoms. The highest BCUT2D eigenvalue weighted by Gasteiger charge is 2.14. The van der Waals surface area contributed by atoms with Crippen LogP contribution in [0.4, 0.5) is 5.13 Å².